The SMILES string of the molecule is CN(Cc1ccc2ccccc2n1)C(=O)c1ccc(NCC2CCCO2)nc1. The largest absolute Gasteiger partial charge is 0.376 e. The van der Waals surface area contributed by atoms with Crippen LogP contribution in [0, 0.1) is 0 Å². The van der Waals surface area contributed by atoms with E-state index in [1.165, 1.54) is 0 Å². The van der Waals surface area contributed by atoms with Crippen molar-refractivity contribution in [1.29, 1.82) is 0 Å². The lowest BCUT2D eigenvalue weighted by Crippen LogP contribution is -2.26. The van der Waals surface area contributed by atoms with Crippen molar-refractivity contribution in [2.75, 3.05) is 25.5 Å². The van der Waals surface area contributed by atoms with E-state index in [0.29, 0.717) is 12.1 Å². The number of pyridine rings is 2. The highest BCUT2D eigenvalue weighted by Crippen LogP contribution is 2.15. The Morgan fingerprint density at radius 3 is 2.89 bits per heavy atom. The van der Waals surface area contributed by atoms with Crippen molar-refractivity contribution in [2.24, 2.45) is 0 Å². The number of hydrogen-bond donors (Lipinski definition) is 1. The molecule has 1 aliphatic heterocycles. The van der Waals surface area contributed by atoms with Crippen LogP contribution in [-0.4, -0.2) is 47.1 Å². The van der Waals surface area contributed by atoms with Crippen molar-refractivity contribution in [1.82, 2.24) is 14.9 Å². The summed E-state index contributed by atoms with van der Waals surface area (Å²) in [5.74, 6) is 0.680. The smallest absolute Gasteiger partial charge is 0.255 e. The number of hydrogen-bond acceptors (Lipinski definition) is 5. The van der Waals surface area contributed by atoms with Crippen LogP contribution in [0.5, 0.6) is 0 Å². The fourth-order valence-corrected chi connectivity index (χ4v) is 3.38. The molecule has 0 spiro atoms. The van der Waals surface area contributed by atoms with Gasteiger partial charge in [-0.25, -0.2) is 4.98 Å². The first kappa shape index (κ1) is 18.4. The number of nitrogens with zero attached hydrogens (tertiary/aromatic N) is 3. The Labute approximate surface area is 164 Å². The second-order valence-corrected chi connectivity index (χ2v) is 7.10. The molecule has 1 aromatic carbocycles. The van der Waals surface area contributed by atoms with Crippen molar-refractivity contribution in [2.45, 2.75) is 25.5 Å². The Morgan fingerprint density at radius 2 is 2.11 bits per heavy atom. The zero-order valence-corrected chi connectivity index (χ0v) is 16.0. The quantitative estimate of drug-likeness (QED) is 0.713. The van der Waals surface area contributed by atoms with E-state index in [9.17, 15) is 4.79 Å². The number of amides is 1. The average molecular weight is 376 g/mol. The minimum Gasteiger partial charge on any atom is -0.376 e. The lowest BCUT2D eigenvalue weighted by molar-refractivity contribution is 0.0783. The molecule has 1 aliphatic rings. The van der Waals surface area contributed by atoms with Gasteiger partial charge in [0.25, 0.3) is 5.91 Å². The highest BCUT2D eigenvalue weighted by Gasteiger charge is 2.16. The Morgan fingerprint density at radius 1 is 1.21 bits per heavy atom. The minimum absolute atomic E-state index is 0.0758. The molecule has 0 bridgehead atoms. The lowest BCUT2D eigenvalue weighted by Gasteiger charge is -2.17. The molecular weight excluding hydrogens is 352 g/mol. The third-order valence-electron chi connectivity index (χ3n) is 4.95. The zero-order valence-electron chi connectivity index (χ0n) is 16.0. The predicted molar refractivity (Wildman–Crippen MR) is 109 cm³/mol. The molecule has 1 unspecified atom stereocenters. The van der Waals surface area contributed by atoms with Crippen LogP contribution in [-0.2, 0) is 11.3 Å². The molecular formula is C22H24N4O2. The van der Waals surface area contributed by atoms with Crippen molar-refractivity contribution in [3.8, 4) is 0 Å². The van der Waals surface area contributed by atoms with Crippen LogP contribution in [0.15, 0.2) is 54.7 Å². The van der Waals surface area contributed by atoms with Gasteiger partial charge in [0.2, 0.25) is 0 Å². The summed E-state index contributed by atoms with van der Waals surface area (Å²) >= 11 is 0. The summed E-state index contributed by atoms with van der Waals surface area (Å²) in [5.41, 5.74) is 2.35. The second kappa shape index (κ2) is 8.35. The van der Waals surface area contributed by atoms with Gasteiger partial charge in [-0.1, -0.05) is 24.3 Å². The molecule has 2 aromatic heterocycles. The number of benzene rings is 1. The number of ether oxygens (including phenoxy) is 1. The summed E-state index contributed by atoms with van der Waals surface area (Å²) in [4.78, 5) is 23.4. The number of anilines is 1. The Hall–Kier alpha value is -2.99. The topological polar surface area (TPSA) is 67.4 Å². The van der Waals surface area contributed by atoms with Gasteiger partial charge in [0.05, 0.1) is 29.4 Å². The number of fused-ring (bicyclic) bond motifs is 1. The van der Waals surface area contributed by atoms with Crippen LogP contribution in [0.1, 0.15) is 28.9 Å². The van der Waals surface area contributed by atoms with Gasteiger partial charge in [0.1, 0.15) is 5.82 Å². The van der Waals surface area contributed by atoms with Crippen LogP contribution < -0.4 is 5.32 Å². The van der Waals surface area contributed by atoms with Crippen LogP contribution in [0.3, 0.4) is 0 Å². The molecule has 0 radical (unpaired) electrons. The number of para-hydroxylation sites is 1. The van der Waals surface area contributed by atoms with Gasteiger partial charge < -0.3 is 15.0 Å². The highest BCUT2D eigenvalue weighted by molar-refractivity contribution is 5.93. The summed E-state index contributed by atoms with van der Waals surface area (Å²) in [6.45, 7) is 2.03. The van der Waals surface area contributed by atoms with Crippen molar-refractivity contribution in [3.63, 3.8) is 0 Å². The van der Waals surface area contributed by atoms with E-state index < -0.39 is 0 Å². The molecule has 28 heavy (non-hydrogen) atoms. The second-order valence-electron chi connectivity index (χ2n) is 7.10. The number of carbonyl (C=O) groups is 1. The van der Waals surface area contributed by atoms with Gasteiger partial charge in [0.15, 0.2) is 0 Å². The molecule has 3 aromatic rings. The van der Waals surface area contributed by atoms with Crippen LogP contribution in [0.25, 0.3) is 10.9 Å². The molecule has 3 heterocycles. The van der Waals surface area contributed by atoms with E-state index in [1.807, 2.05) is 42.5 Å². The van der Waals surface area contributed by atoms with E-state index in [0.717, 1.165) is 48.4 Å². The van der Waals surface area contributed by atoms with E-state index in [-0.39, 0.29) is 12.0 Å². The normalized spacial score (nSPS) is 16.2. The maximum atomic E-state index is 12.7. The molecule has 1 atom stereocenters. The third-order valence-corrected chi connectivity index (χ3v) is 4.95. The van der Waals surface area contributed by atoms with Gasteiger partial charge in [-0.2, -0.15) is 0 Å². The van der Waals surface area contributed by atoms with Gasteiger partial charge in [-0.3, -0.25) is 9.78 Å². The van der Waals surface area contributed by atoms with Gasteiger partial charge in [0, 0.05) is 31.8 Å². The first-order chi connectivity index (χ1) is 13.7. The molecule has 1 amide bonds. The maximum Gasteiger partial charge on any atom is 0.255 e. The molecule has 0 aliphatic carbocycles. The molecule has 1 saturated heterocycles. The Kier molecular flexibility index (Phi) is 5.48. The molecule has 0 saturated carbocycles. The molecule has 4 rings (SSSR count). The van der Waals surface area contributed by atoms with Gasteiger partial charge in [-0.05, 0) is 37.1 Å². The van der Waals surface area contributed by atoms with Crippen LogP contribution in [0.4, 0.5) is 5.82 Å². The third kappa shape index (κ3) is 4.28. The maximum absolute atomic E-state index is 12.7. The highest BCUT2D eigenvalue weighted by atomic mass is 16.5. The minimum atomic E-state index is -0.0758. The van der Waals surface area contributed by atoms with Crippen LogP contribution >= 0.6 is 0 Å². The lowest BCUT2D eigenvalue weighted by atomic mass is 10.2. The van der Waals surface area contributed by atoms with E-state index in [4.69, 9.17) is 4.74 Å². The molecule has 6 nitrogen and oxygen atoms in total. The summed E-state index contributed by atoms with van der Waals surface area (Å²) < 4.78 is 5.59. The average Bonchev–Trinajstić information content (AvgIpc) is 3.26. The van der Waals surface area contributed by atoms with E-state index in [1.54, 1.807) is 24.2 Å². The summed E-state index contributed by atoms with van der Waals surface area (Å²) in [6.07, 6.45) is 4.07. The molecule has 6 heteroatoms. The summed E-state index contributed by atoms with van der Waals surface area (Å²) in [7, 11) is 1.78. The van der Waals surface area contributed by atoms with Crippen molar-refractivity contribution < 1.29 is 9.53 Å². The number of rotatable bonds is 6. The van der Waals surface area contributed by atoms with Crippen LogP contribution in [0.2, 0.25) is 0 Å². The number of nitrogens with one attached hydrogen (secondary N) is 1. The standard InChI is InChI=1S/C22H24N4O2/c1-26(15-18-10-8-16-5-2-3-7-20(16)25-18)22(27)17-9-11-21(23-13-17)24-14-19-6-4-12-28-19/h2-3,5,7-11,13,19H,4,6,12,14-15H2,1H3,(H,23,24). The first-order valence-electron chi connectivity index (χ1n) is 9.61. The fourth-order valence-electron chi connectivity index (χ4n) is 3.38. The first-order valence-corrected chi connectivity index (χ1v) is 9.61. The van der Waals surface area contributed by atoms with E-state index in [2.05, 4.69) is 15.3 Å². The molecule has 1 fully saturated rings. The number of aromatic nitrogens is 2. The summed E-state index contributed by atoms with van der Waals surface area (Å²) in [6, 6.07) is 15.6. The predicted octanol–water partition coefficient (Wildman–Crippen LogP) is 3.49. The van der Waals surface area contributed by atoms with Gasteiger partial charge >= 0.3 is 0 Å². The Bertz CT molecular complexity index is 952. The van der Waals surface area contributed by atoms with Crippen molar-refractivity contribution in [3.05, 3.63) is 66.0 Å². The monoisotopic (exact) mass is 376 g/mol. The number of carbonyl (C=O) groups excluding carboxylic acids is 1. The molecule has 1 N–H and O–H groups in total. The molecule has 144 valence electrons. The summed E-state index contributed by atoms with van der Waals surface area (Å²) in [5, 5.41) is 4.36. The van der Waals surface area contributed by atoms with Gasteiger partial charge in [-0.15, -0.1) is 0 Å². The zero-order chi connectivity index (χ0) is 19.3. The van der Waals surface area contributed by atoms with E-state index >= 15 is 0 Å². The fraction of sp³-hybridized carbons (Fsp3) is 0.318. The Balaban J connectivity index is 1.37. The van der Waals surface area contributed by atoms with Crippen molar-refractivity contribution >= 4 is 22.6 Å².